The molecule has 1 saturated heterocycles. The van der Waals surface area contributed by atoms with Crippen molar-refractivity contribution in [2.45, 2.75) is 0 Å². The summed E-state index contributed by atoms with van der Waals surface area (Å²) in [6.07, 6.45) is 1.73. The fourth-order valence-electron chi connectivity index (χ4n) is 2.80. The van der Waals surface area contributed by atoms with Crippen molar-refractivity contribution in [3.8, 4) is 11.3 Å². The van der Waals surface area contributed by atoms with E-state index in [2.05, 4.69) is 16.3 Å². The molecule has 0 aromatic carbocycles. The second-order valence-corrected chi connectivity index (χ2v) is 7.33. The lowest BCUT2D eigenvalue weighted by molar-refractivity contribution is 0.121. The Labute approximate surface area is 158 Å². The van der Waals surface area contributed by atoms with Gasteiger partial charge in [-0.05, 0) is 29.5 Å². The number of morpholine rings is 1. The molecule has 0 aliphatic carbocycles. The Morgan fingerprint density at radius 1 is 1.35 bits per heavy atom. The molecule has 1 N–H and O–H groups in total. The highest BCUT2D eigenvalue weighted by atomic mass is 32.2. The maximum absolute atomic E-state index is 12.5. The van der Waals surface area contributed by atoms with Crippen molar-refractivity contribution >= 4 is 45.1 Å². The third-order valence-electron chi connectivity index (χ3n) is 4.05. The number of nitrogens with one attached hydrogen (secondary N) is 1. The van der Waals surface area contributed by atoms with Crippen molar-refractivity contribution in [3.05, 3.63) is 52.0 Å². The zero-order chi connectivity index (χ0) is 17.9. The van der Waals surface area contributed by atoms with E-state index in [1.165, 1.54) is 23.3 Å². The number of thiophene rings is 1. The maximum atomic E-state index is 12.5. The number of hydrogen-bond donors (Lipinski definition) is 1. The summed E-state index contributed by atoms with van der Waals surface area (Å²) >= 11 is 2.77. The van der Waals surface area contributed by atoms with E-state index >= 15 is 0 Å². The largest absolute Gasteiger partial charge is 0.439 e. The summed E-state index contributed by atoms with van der Waals surface area (Å²) in [6, 6.07) is 5.38. The first-order valence-electron chi connectivity index (χ1n) is 8.13. The summed E-state index contributed by atoms with van der Waals surface area (Å²) in [6.45, 7) is 6.37. The predicted octanol–water partition coefficient (Wildman–Crippen LogP) is 3.96. The Hall–Kier alpha value is -2.29. The third kappa shape index (κ3) is 3.35. The number of anilines is 2. The van der Waals surface area contributed by atoms with Crippen LogP contribution >= 0.6 is 23.3 Å². The van der Waals surface area contributed by atoms with Gasteiger partial charge in [-0.3, -0.25) is 9.78 Å². The van der Waals surface area contributed by atoms with Crippen molar-refractivity contribution in [2.24, 2.45) is 0 Å². The van der Waals surface area contributed by atoms with Gasteiger partial charge in [0, 0.05) is 36.4 Å². The molecule has 0 unspecified atom stereocenters. The molecule has 1 aliphatic heterocycles. The van der Waals surface area contributed by atoms with Crippen molar-refractivity contribution in [1.29, 1.82) is 0 Å². The Morgan fingerprint density at radius 2 is 2.19 bits per heavy atom. The van der Waals surface area contributed by atoms with Gasteiger partial charge in [0.05, 0.1) is 24.5 Å². The Balaban J connectivity index is 1.77. The van der Waals surface area contributed by atoms with Crippen LogP contribution in [0.25, 0.3) is 21.5 Å². The molecule has 134 valence electrons. The highest BCUT2D eigenvalue weighted by molar-refractivity contribution is 8.03. The standard InChI is InChI=1S/C18H17N3O3S2/c1-2-26-20-12-3-4-19-14(9-12)13-11-25-18-15(22)10-16(24-17(13)18)21-5-7-23-8-6-21/h2-4,9-11H,1,5-8H2,(H,19,20). The Kier molecular flexibility index (Phi) is 4.96. The highest BCUT2D eigenvalue weighted by Gasteiger charge is 2.19. The lowest BCUT2D eigenvalue weighted by Crippen LogP contribution is -2.36. The first-order valence-corrected chi connectivity index (χ1v) is 9.89. The molecule has 0 amide bonds. The third-order valence-corrected chi connectivity index (χ3v) is 5.55. The van der Waals surface area contributed by atoms with E-state index < -0.39 is 0 Å². The summed E-state index contributed by atoms with van der Waals surface area (Å²) in [4.78, 5) is 19.0. The number of hydrogen-bond acceptors (Lipinski definition) is 8. The van der Waals surface area contributed by atoms with Gasteiger partial charge < -0.3 is 18.8 Å². The highest BCUT2D eigenvalue weighted by Crippen LogP contribution is 2.34. The average molecular weight is 387 g/mol. The normalized spacial score (nSPS) is 14.5. The van der Waals surface area contributed by atoms with Gasteiger partial charge in [0.1, 0.15) is 4.70 Å². The van der Waals surface area contributed by atoms with Gasteiger partial charge >= 0.3 is 0 Å². The molecule has 0 bridgehead atoms. The summed E-state index contributed by atoms with van der Waals surface area (Å²) < 4.78 is 15.3. The van der Waals surface area contributed by atoms with Gasteiger partial charge in [0.2, 0.25) is 5.43 Å². The van der Waals surface area contributed by atoms with Crippen LogP contribution in [0.3, 0.4) is 0 Å². The molecule has 0 saturated carbocycles. The van der Waals surface area contributed by atoms with E-state index in [1.54, 1.807) is 17.7 Å². The zero-order valence-corrected chi connectivity index (χ0v) is 15.6. The van der Waals surface area contributed by atoms with Crippen LogP contribution in [0.4, 0.5) is 11.6 Å². The molecule has 0 radical (unpaired) electrons. The van der Waals surface area contributed by atoms with Crippen LogP contribution in [-0.4, -0.2) is 31.3 Å². The second-order valence-electron chi connectivity index (χ2n) is 5.67. The molecule has 1 fully saturated rings. The fourth-order valence-corrected chi connectivity index (χ4v) is 4.04. The second kappa shape index (κ2) is 7.53. The number of aromatic nitrogens is 1. The van der Waals surface area contributed by atoms with Crippen LogP contribution in [0.15, 0.2) is 51.0 Å². The molecule has 8 heteroatoms. The van der Waals surface area contributed by atoms with Crippen LogP contribution in [0.1, 0.15) is 0 Å². The minimum absolute atomic E-state index is 0.0273. The van der Waals surface area contributed by atoms with Crippen LogP contribution in [0.5, 0.6) is 0 Å². The molecule has 1 aliphatic rings. The molecule has 3 aromatic rings. The van der Waals surface area contributed by atoms with Gasteiger partial charge in [-0.2, -0.15) is 0 Å². The summed E-state index contributed by atoms with van der Waals surface area (Å²) in [5.41, 5.74) is 3.05. The van der Waals surface area contributed by atoms with Gasteiger partial charge in [0.15, 0.2) is 11.5 Å². The summed E-state index contributed by atoms with van der Waals surface area (Å²) in [7, 11) is 0. The van der Waals surface area contributed by atoms with Crippen LogP contribution in [0.2, 0.25) is 0 Å². The SMILES string of the molecule is C=CSNc1ccnc(-c2csc3c(=O)cc(N4CCOCC4)oc23)c1. The van der Waals surface area contributed by atoms with Crippen LogP contribution in [0, 0.1) is 0 Å². The van der Waals surface area contributed by atoms with E-state index in [9.17, 15) is 4.79 Å². The first kappa shape index (κ1) is 17.1. The number of nitrogens with zero attached hydrogens (tertiary/aromatic N) is 2. The van der Waals surface area contributed by atoms with E-state index in [1.807, 2.05) is 22.4 Å². The fraction of sp³-hybridized carbons (Fsp3) is 0.222. The lowest BCUT2D eigenvalue weighted by atomic mass is 10.2. The smallest absolute Gasteiger partial charge is 0.204 e. The Bertz CT molecular complexity index is 993. The van der Waals surface area contributed by atoms with E-state index in [4.69, 9.17) is 9.15 Å². The minimum atomic E-state index is -0.0273. The minimum Gasteiger partial charge on any atom is -0.439 e. The molecule has 4 rings (SSSR count). The topological polar surface area (TPSA) is 67.6 Å². The van der Waals surface area contributed by atoms with Crippen LogP contribution < -0.4 is 15.1 Å². The van der Waals surface area contributed by atoms with Crippen LogP contribution in [-0.2, 0) is 4.74 Å². The number of fused-ring (bicyclic) bond motifs is 1. The molecule has 3 aromatic heterocycles. The maximum Gasteiger partial charge on any atom is 0.204 e. The predicted molar refractivity (Wildman–Crippen MR) is 108 cm³/mol. The average Bonchev–Trinajstić information content (AvgIpc) is 3.12. The van der Waals surface area contributed by atoms with Crippen molar-refractivity contribution < 1.29 is 9.15 Å². The van der Waals surface area contributed by atoms with Crippen molar-refractivity contribution in [3.63, 3.8) is 0 Å². The van der Waals surface area contributed by atoms with E-state index in [0.717, 1.165) is 16.9 Å². The summed E-state index contributed by atoms with van der Waals surface area (Å²) in [5, 5.41) is 3.64. The molecular weight excluding hydrogens is 370 g/mol. The van der Waals surface area contributed by atoms with E-state index in [-0.39, 0.29) is 5.43 Å². The lowest BCUT2D eigenvalue weighted by Gasteiger charge is -2.27. The number of rotatable bonds is 5. The first-order chi connectivity index (χ1) is 12.8. The number of pyridine rings is 1. The molecular formula is C18H17N3O3S2. The van der Waals surface area contributed by atoms with Gasteiger partial charge in [-0.25, -0.2) is 0 Å². The zero-order valence-electron chi connectivity index (χ0n) is 13.9. The molecule has 6 nitrogen and oxygen atoms in total. The molecule has 0 atom stereocenters. The summed E-state index contributed by atoms with van der Waals surface area (Å²) in [5.74, 6) is 0.585. The van der Waals surface area contributed by atoms with Gasteiger partial charge in [0.25, 0.3) is 0 Å². The van der Waals surface area contributed by atoms with Gasteiger partial charge in [-0.1, -0.05) is 6.58 Å². The molecule has 0 spiro atoms. The Morgan fingerprint density at radius 3 is 3.00 bits per heavy atom. The monoisotopic (exact) mass is 387 g/mol. The molecule has 4 heterocycles. The van der Waals surface area contributed by atoms with Crippen molar-refractivity contribution in [1.82, 2.24) is 4.98 Å². The van der Waals surface area contributed by atoms with Gasteiger partial charge in [-0.15, -0.1) is 11.3 Å². The molecule has 26 heavy (non-hydrogen) atoms. The van der Waals surface area contributed by atoms with Crippen molar-refractivity contribution in [2.75, 3.05) is 35.9 Å². The van der Waals surface area contributed by atoms with E-state index in [0.29, 0.717) is 42.5 Å². The quantitative estimate of drug-likeness (QED) is 0.665. The number of ether oxygens (including phenoxy) is 1.